The van der Waals surface area contributed by atoms with Crippen LogP contribution in [0.25, 0.3) is 0 Å². The van der Waals surface area contributed by atoms with Crippen molar-refractivity contribution in [1.29, 1.82) is 5.26 Å². The lowest BCUT2D eigenvalue weighted by molar-refractivity contribution is 0.0622. The predicted octanol–water partition coefficient (Wildman–Crippen LogP) is 2.80. The second-order valence-corrected chi connectivity index (χ2v) is 5.30. The van der Waals surface area contributed by atoms with Crippen LogP contribution in [0, 0.1) is 31.1 Å². The van der Waals surface area contributed by atoms with Gasteiger partial charge in [-0.25, -0.2) is 4.98 Å². The first-order chi connectivity index (χ1) is 9.11. The van der Waals surface area contributed by atoms with Crippen molar-refractivity contribution in [3.05, 3.63) is 22.9 Å². The van der Waals surface area contributed by atoms with Crippen LogP contribution in [0.4, 0.5) is 5.82 Å². The third-order valence-corrected chi connectivity index (χ3v) is 3.79. The summed E-state index contributed by atoms with van der Waals surface area (Å²) in [6, 6.07) is 4.51. The van der Waals surface area contributed by atoms with Crippen molar-refractivity contribution in [2.75, 3.05) is 18.5 Å². The normalized spacial score (nSPS) is 17.8. The van der Waals surface area contributed by atoms with Crippen molar-refractivity contribution in [2.24, 2.45) is 5.92 Å². The molecule has 0 spiro atoms. The smallest absolute Gasteiger partial charge is 0.144 e. The topological polar surface area (TPSA) is 57.9 Å². The molecule has 0 amide bonds. The van der Waals surface area contributed by atoms with Gasteiger partial charge in [0.2, 0.25) is 0 Å². The SMILES string of the molecule is Cc1cc(C)c(C#N)c(NC(C)C2CCOCC2)n1. The summed E-state index contributed by atoms with van der Waals surface area (Å²) >= 11 is 0. The molecule has 4 heteroatoms. The predicted molar refractivity (Wildman–Crippen MR) is 75.1 cm³/mol. The van der Waals surface area contributed by atoms with Crippen LogP contribution < -0.4 is 5.32 Å². The van der Waals surface area contributed by atoms with E-state index in [0.29, 0.717) is 17.5 Å². The molecule has 0 aliphatic carbocycles. The van der Waals surface area contributed by atoms with E-state index in [1.165, 1.54) is 0 Å². The molecule has 0 bridgehead atoms. The highest BCUT2D eigenvalue weighted by atomic mass is 16.5. The quantitative estimate of drug-likeness (QED) is 0.906. The molecule has 2 heterocycles. The first kappa shape index (κ1) is 13.8. The first-order valence-electron chi connectivity index (χ1n) is 6.84. The lowest BCUT2D eigenvalue weighted by atomic mass is 9.93. The fourth-order valence-corrected chi connectivity index (χ4v) is 2.63. The molecule has 0 radical (unpaired) electrons. The zero-order valence-corrected chi connectivity index (χ0v) is 11.9. The third kappa shape index (κ3) is 3.24. The Morgan fingerprint density at radius 3 is 2.74 bits per heavy atom. The molecule has 1 fully saturated rings. The zero-order valence-electron chi connectivity index (χ0n) is 11.9. The molecule has 0 aromatic carbocycles. The molecule has 1 aromatic rings. The van der Waals surface area contributed by atoms with E-state index in [-0.39, 0.29) is 0 Å². The average Bonchev–Trinajstić information content (AvgIpc) is 2.39. The summed E-state index contributed by atoms with van der Waals surface area (Å²) in [7, 11) is 0. The molecule has 1 aliphatic heterocycles. The highest BCUT2D eigenvalue weighted by Crippen LogP contribution is 2.24. The lowest BCUT2D eigenvalue weighted by Crippen LogP contribution is -2.31. The molecule has 4 nitrogen and oxygen atoms in total. The Balaban J connectivity index is 2.16. The lowest BCUT2D eigenvalue weighted by Gasteiger charge is -2.29. The Labute approximate surface area is 114 Å². The van der Waals surface area contributed by atoms with Crippen molar-refractivity contribution >= 4 is 5.82 Å². The van der Waals surface area contributed by atoms with Crippen LogP contribution in [0.15, 0.2) is 6.07 Å². The number of pyridine rings is 1. The fourth-order valence-electron chi connectivity index (χ4n) is 2.63. The minimum absolute atomic E-state index is 0.310. The molecular formula is C15H21N3O. The Morgan fingerprint density at radius 1 is 1.42 bits per heavy atom. The van der Waals surface area contributed by atoms with E-state index in [4.69, 9.17) is 4.74 Å². The molecule has 1 aliphatic rings. The van der Waals surface area contributed by atoms with Crippen molar-refractivity contribution in [3.63, 3.8) is 0 Å². The van der Waals surface area contributed by atoms with E-state index in [1.807, 2.05) is 19.9 Å². The minimum atomic E-state index is 0.310. The van der Waals surface area contributed by atoms with Gasteiger partial charge in [-0.3, -0.25) is 0 Å². The molecule has 1 saturated heterocycles. The summed E-state index contributed by atoms with van der Waals surface area (Å²) in [6.45, 7) is 7.75. The van der Waals surface area contributed by atoms with Crippen molar-refractivity contribution < 1.29 is 4.74 Å². The van der Waals surface area contributed by atoms with Crippen molar-refractivity contribution in [2.45, 2.75) is 39.7 Å². The maximum atomic E-state index is 9.26. The Hall–Kier alpha value is -1.60. The number of anilines is 1. The highest BCUT2D eigenvalue weighted by molar-refractivity contribution is 5.56. The van der Waals surface area contributed by atoms with E-state index >= 15 is 0 Å². The van der Waals surface area contributed by atoms with Gasteiger partial charge in [0.15, 0.2) is 0 Å². The largest absolute Gasteiger partial charge is 0.381 e. The number of hydrogen-bond acceptors (Lipinski definition) is 4. The van der Waals surface area contributed by atoms with Crippen LogP contribution in [0.1, 0.15) is 36.6 Å². The van der Waals surface area contributed by atoms with Crippen molar-refractivity contribution in [1.82, 2.24) is 4.98 Å². The van der Waals surface area contributed by atoms with E-state index in [1.54, 1.807) is 0 Å². The van der Waals surface area contributed by atoms with Gasteiger partial charge in [-0.1, -0.05) is 0 Å². The highest BCUT2D eigenvalue weighted by Gasteiger charge is 2.21. The summed E-state index contributed by atoms with van der Waals surface area (Å²) < 4.78 is 5.39. The van der Waals surface area contributed by atoms with Gasteiger partial charge >= 0.3 is 0 Å². The third-order valence-electron chi connectivity index (χ3n) is 3.79. The molecule has 102 valence electrons. The standard InChI is InChI=1S/C15H21N3O/c1-10-8-11(2)17-15(14(10)9-16)18-12(3)13-4-6-19-7-5-13/h8,12-13H,4-7H2,1-3H3,(H,17,18). The van der Waals surface area contributed by atoms with E-state index in [9.17, 15) is 5.26 Å². The summed E-state index contributed by atoms with van der Waals surface area (Å²) in [5.41, 5.74) is 2.58. The maximum absolute atomic E-state index is 9.26. The average molecular weight is 259 g/mol. The van der Waals surface area contributed by atoms with E-state index in [2.05, 4.69) is 23.3 Å². The van der Waals surface area contributed by atoms with Gasteiger partial charge < -0.3 is 10.1 Å². The number of nitriles is 1. The maximum Gasteiger partial charge on any atom is 0.144 e. The number of aryl methyl sites for hydroxylation is 2. The van der Waals surface area contributed by atoms with Gasteiger partial charge in [0, 0.05) is 24.9 Å². The number of nitrogens with zero attached hydrogens (tertiary/aromatic N) is 2. The Kier molecular flexibility index (Phi) is 4.39. The second-order valence-electron chi connectivity index (χ2n) is 5.30. The second kappa shape index (κ2) is 6.03. The molecule has 0 saturated carbocycles. The van der Waals surface area contributed by atoms with Gasteiger partial charge in [-0.15, -0.1) is 0 Å². The molecule has 19 heavy (non-hydrogen) atoms. The zero-order chi connectivity index (χ0) is 13.8. The first-order valence-corrected chi connectivity index (χ1v) is 6.84. The number of nitrogens with one attached hydrogen (secondary N) is 1. The van der Waals surface area contributed by atoms with E-state index in [0.717, 1.165) is 43.1 Å². The number of hydrogen-bond donors (Lipinski definition) is 1. The molecule has 1 atom stereocenters. The number of ether oxygens (including phenoxy) is 1. The van der Waals surface area contributed by atoms with Gasteiger partial charge in [0.25, 0.3) is 0 Å². The van der Waals surface area contributed by atoms with E-state index < -0.39 is 0 Å². The molecular weight excluding hydrogens is 238 g/mol. The number of aromatic nitrogens is 1. The summed E-state index contributed by atoms with van der Waals surface area (Å²) in [4.78, 5) is 4.47. The number of rotatable bonds is 3. The fraction of sp³-hybridized carbons (Fsp3) is 0.600. The van der Waals surface area contributed by atoms with Crippen LogP contribution in [0.3, 0.4) is 0 Å². The Bertz CT molecular complexity index is 487. The molecule has 1 aromatic heterocycles. The van der Waals surface area contributed by atoms with Crippen LogP contribution in [-0.2, 0) is 4.74 Å². The van der Waals surface area contributed by atoms with Crippen LogP contribution in [0.2, 0.25) is 0 Å². The van der Waals surface area contributed by atoms with Gasteiger partial charge in [-0.05, 0) is 51.2 Å². The summed E-state index contributed by atoms with van der Waals surface area (Å²) in [5.74, 6) is 1.31. The summed E-state index contributed by atoms with van der Waals surface area (Å²) in [5, 5.41) is 12.7. The van der Waals surface area contributed by atoms with Gasteiger partial charge in [-0.2, -0.15) is 5.26 Å². The van der Waals surface area contributed by atoms with Crippen molar-refractivity contribution in [3.8, 4) is 6.07 Å². The monoisotopic (exact) mass is 259 g/mol. The molecule has 1 N–H and O–H groups in total. The van der Waals surface area contributed by atoms with Crippen LogP contribution in [-0.4, -0.2) is 24.2 Å². The van der Waals surface area contributed by atoms with Gasteiger partial charge in [0.1, 0.15) is 11.9 Å². The molecule has 2 rings (SSSR count). The minimum Gasteiger partial charge on any atom is -0.381 e. The van der Waals surface area contributed by atoms with Crippen LogP contribution >= 0.6 is 0 Å². The van der Waals surface area contributed by atoms with Crippen LogP contribution in [0.5, 0.6) is 0 Å². The summed E-state index contributed by atoms with van der Waals surface area (Å²) in [6.07, 6.45) is 2.14. The van der Waals surface area contributed by atoms with Gasteiger partial charge in [0.05, 0.1) is 5.56 Å². The Morgan fingerprint density at radius 2 is 2.11 bits per heavy atom. The molecule has 1 unspecified atom stereocenters.